The van der Waals surface area contributed by atoms with Crippen LogP contribution in [0, 0.1) is 0 Å². The van der Waals surface area contributed by atoms with E-state index in [4.69, 9.17) is 18.9 Å². The first kappa shape index (κ1) is 28.8. The predicted molar refractivity (Wildman–Crippen MR) is 163 cm³/mol. The van der Waals surface area contributed by atoms with E-state index in [9.17, 15) is 9.59 Å². The van der Waals surface area contributed by atoms with Crippen molar-refractivity contribution >= 4 is 17.8 Å². The Morgan fingerprint density at radius 1 is 0.909 bits per heavy atom. The van der Waals surface area contributed by atoms with Crippen LogP contribution in [0.5, 0.6) is 23.0 Å². The number of aromatic nitrogens is 2. The summed E-state index contributed by atoms with van der Waals surface area (Å²) < 4.78 is 23.1. The molecule has 11 heteroatoms. The molecule has 7 rings (SSSR count). The minimum atomic E-state index is -0.381. The molecule has 2 amide bonds. The third-order valence-electron chi connectivity index (χ3n) is 7.68. The molecule has 2 atom stereocenters. The average molecular weight is 596 g/mol. The van der Waals surface area contributed by atoms with E-state index in [-0.39, 0.29) is 30.6 Å². The highest BCUT2D eigenvalue weighted by atomic mass is 16.5. The van der Waals surface area contributed by atoms with Crippen molar-refractivity contribution in [2.24, 2.45) is 0 Å². The van der Waals surface area contributed by atoms with Crippen LogP contribution in [0.1, 0.15) is 22.3 Å². The van der Waals surface area contributed by atoms with Crippen LogP contribution < -0.4 is 34.5 Å². The summed E-state index contributed by atoms with van der Waals surface area (Å²) in [5.41, 5.74) is 2.88. The van der Waals surface area contributed by atoms with Crippen molar-refractivity contribution in [2.75, 3.05) is 38.8 Å². The molecule has 4 heterocycles. The smallest absolute Gasteiger partial charge is 0.258 e. The molecule has 1 aromatic heterocycles. The number of piperidine rings is 1. The molecule has 44 heavy (non-hydrogen) atoms. The average Bonchev–Trinajstić information content (AvgIpc) is 3.07. The molecule has 0 saturated carbocycles. The van der Waals surface area contributed by atoms with Crippen LogP contribution in [0.3, 0.4) is 0 Å². The van der Waals surface area contributed by atoms with Crippen molar-refractivity contribution in [3.05, 3.63) is 90.3 Å². The number of methoxy groups -OCH3 is 2. The Labute approximate surface area is 255 Å². The number of hydrogen-bond donors (Lipinski definition) is 2. The van der Waals surface area contributed by atoms with Crippen molar-refractivity contribution in [2.45, 2.75) is 25.1 Å². The molecule has 1 saturated heterocycles. The van der Waals surface area contributed by atoms with Crippen molar-refractivity contribution in [3.8, 4) is 34.1 Å². The standard InChI is InChI=1S/C33H33N5O6/c1-41-26-17-35-33(36-18-26)38-13-12-30-28(19-38)37-32(40)23-8-11-29(42-2)27(15-23)22-4-3-5-25(14-22)43-20-31(39)34-16-21-6-9-24(44-30)10-7-21/h3-11,14-15,17-18,28,30H,12-13,16,19-20H2,1-2H3,(H,34,39)(H,37,40)/t28-,30-/m1/s1. The van der Waals surface area contributed by atoms with Gasteiger partial charge in [0.25, 0.3) is 11.8 Å². The SMILES string of the molecule is COc1cnc(N2CC[C@H]3Oc4ccc(cc4)CNC(=O)COc4cccc(c4)-c4cc(ccc4OC)C(=O)N[C@@H]3C2)nc1. The van der Waals surface area contributed by atoms with Crippen molar-refractivity contribution < 1.29 is 28.5 Å². The second-order valence-electron chi connectivity index (χ2n) is 10.5. The third-order valence-corrected chi connectivity index (χ3v) is 7.68. The topological polar surface area (TPSA) is 124 Å². The fourth-order valence-corrected chi connectivity index (χ4v) is 5.31. The van der Waals surface area contributed by atoms with Gasteiger partial charge in [-0.2, -0.15) is 0 Å². The molecule has 11 nitrogen and oxygen atoms in total. The number of carbonyl (C=O) groups is 2. The zero-order valence-corrected chi connectivity index (χ0v) is 24.5. The summed E-state index contributed by atoms with van der Waals surface area (Å²) >= 11 is 0. The van der Waals surface area contributed by atoms with Crippen LogP contribution in [-0.2, 0) is 11.3 Å². The van der Waals surface area contributed by atoms with Crippen LogP contribution in [0.2, 0.25) is 0 Å². The number of benzene rings is 3. The van der Waals surface area contributed by atoms with Gasteiger partial charge in [-0.3, -0.25) is 9.59 Å². The highest BCUT2D eigenvalue weighted by Crippen LogP contribution is 2.33. The molecule has 4 aromatic rings. The highest BCUT2D eigenvalue weighted by molar-refractivity contribution is 5.96. The van der Waals surface area contributed by atoms with Gasteiger partial charge in [-0.1, -0.05) is 24.3 Å². The van der Waals surface area contributed by atoms with Gasteiger partial charge < -0.3 is 34.5 Å². The first-order valence-electron chi connectivity index (χ1n) is 14.3. The van der Waals surface area contributed by atoms with Gasteiger partial charge >= 0.3 is 0 Å². The van der Waals surface area contributed by atoms with Gasteiger partial charge in [0, 0.05) is 37.2 Å². The molecule has 2 N–H and O–H groups in total. The number of anilines is 1. The lowest BCUT2D eigenvalue weighted by Gasteiger charge is -2.38. The molecular formula is C33H33N5O6. The Morgan fingerprint density at radius 2 is 1.73 bits per heavy atom. The Morgan fingerprint density at radius 3 is 2.50 bits per heavy atom. The van der Waals surface area contributed by atoms with Gasteiger partial charge in [0.2, 0.25) is 5.95 Å². The second kappa shape index (κ2) is 12.9. The van der Waals surface area contributed by atoms with Gasteiger partial charge in [-0.05, 0) is 53.6 Å². The van der Waals surface area contributed by atoms with Crippen LogP contribution >= 0.6 is 0 Å². The van der Waals surface area contributed by atoms with Crippen LogP contribution in [0.25, 0.3) is 11.1 Å². The van der Waals surface area contributed by atoms with Crippen LogP contribution in [0.4, 0.5) is 5.95 Å². The maximum Gasteiger partial charge on any atom is 0.258 e. The molecule has 3 aliphatic rings. The van der Waals surface area contributed by atoms with Crippen LogP contribution in [0.15, 0.2) is 79.1 Å². The Balaban J connectivity index is 1.34. The number of fused-ring (bicyclic) bond motifs is 7. The lowest BCUT2D eigenvalue weighted by atomic mass is 9.99. The maximum absolute atomic E-state index is 13.8. The zero-order chi connectivity index (χ0) is 30.5. The molecule has 0 spiro atoms. The van der Waals surface area contributed by atoms with Crippen LogP contribution in [-0.4, -0.2) is 67.8 Å². The van der Waals surface area contributed by atoms with Crippen molar-refractivity contribution in [3.63, 3.8) is 0 Å². The quantitative estimate of drug-likeness (QED) is 0.366. The Bertz CT molecular complexity index is 1630. The van der Waals surface area contributed by atoms with E-state index in [1.54, 1.807) is 50.9 Å². The minimum Gasteiger partial charge on any atom is -0.496 e. The van der Waals surface area contributed by atoms with Crippen molar-refractivity contribution in [1.29, 1.82) is 0 Å². The minimum absolute atomic E-state index is 0.133. The molecule has 226 valence electrons. The number of carbonyl (C=O) groups excluding carboxylic acids is 2. The number of ether oxygens (including phenoxy) is 4. The molecule has 3 aliphatic heterocycles. The summed E-state index contributed by atoms with van der Waals surface area (Å²) in [7, 11) is 3.15. The number of nitrogens with one attached hydrogen (secondary N) is 2. The van der Waals surface area contributed by atoms with Gasteiger partial charge in [-0.15, -0.1) is 0 Å². The van der Waals surface area contributed by atoms with Gasteiger partial charge in [0.15, 0.2) is 12.4 Å². The number of nitrogens with zero attached hydrogens (tertiary/aromatic N) is 3. The molecule has 0 radical (unpaired) electrons. The Kier molecular flexibility index (Phi) is 8.44. The van der Waals surface area contributed by atoms with E-state index in [0.717, 1.165) is 11.1 Å². The van der Waals surface area contributed by atoms with Crippen molar-refractivity contribution in [1.82, 2.24) is 20.6 Å². The summed E-state index contributed by atoms with van der Waals surface area (Å²) in [6.07, 6.45) is 3.57. The number of amides is 2. The van der Waals surface area contributed by atoms with Gasteiger partial charge in [0.05, 0.1) is 32.7 Å². The molecule has 6 bridgehead atoms. The van der Waals surface area contributed by atoms with E-state index in [1.165, 1.54) is 0 Å². The first-order valence-corrected chi connectivity index (χ1v) is 14.3. The zero-order valence-electron chi connectivity index (χ0n) is 24.5. The largest absolute Gasteiger partial charge is 0.496 e. The van der Waals surface area contributed by atoms with E-state index < -0.39 is 0 Å². The van der Waals surface area contributed by atoms with Gasteiger partial charge in [0.1, 0.15) is 23.4 Å². The fraction of sp³-hybridized carbons (Fsp3) is 0.273. The maximum atomic E-state index is 13.8. The summed E-state index contributed by atoms with van der Waals surface area (Å²) in [4.78, 5) is 37.2. The Hall–Kier alpha value is -5.32. The highest BCUT2D eigenvalue weighted by Gasteiger charge is 2.33. The number of rotatable bonds is 3. The number of hydrogen-bond acceptors (Lipinski definition) is 9. The predicted octanol–water partition coefficient (Wildman–Crippen LogP) is 3.63. The fourth-order valence-electron chi connectivity index (χ4n) is 5.31. The molecule has 3 aromatic carbocycles. The molecular weight excluding hydrogens is 562 g/mol. The van der Waals surface area contributed by atoms with E-state index in [2.05, 4.69) is 20.6 Å². The normalized spacial score (nSPS) is 18.5. The molecule has 0 aliphatic carbocycles. The summed E-state index contributed by atoms with van der Waals surface area (Å²) in [5, 5.41) is 6.11. The van der Waals surface area contributed by atoms with E-state index in [0.29, 0.717) is 66.1 Å². The lowest BCUT2D eigenvalue weighted by molar-refractivity contribution is -0.123. The summed E-state index contributed by atoms with van der Waals surface area (Å²) in [6.45, 7) is 1.30. The third kappa shape index (κ3) is 6.51. The molecule has 1 fully saturated rings. The monoisotopic (exact) mass is 595 g/mol. The van der Waals surface area contributed by atoms with Gasteiger partial charge in [-0.25, -0.2) is 9.97 Å². The summed E-state index contributed by atoms with van der Waals surface area (Å²) in [6, 6.07) is 19.8. The second-order valence-corrected chi connectivity index (χ2v) is 10.5. The van der Waals surface area contributed by atoms with E-state index >= 15 is 0 Å². The first-order chi connectivity index (χ1) is 21.5. The lowest BCUT2D eigenvalue weighted by Crippen LogP contribution is -2.57. The molecule has 0 unspecified atom stereocenters. The van der Waals surface area contributed by atoms with E-state index in [1.807, 2.05) is 47.4 Å². The summed E-state index contributed by atoms with van der Waals surface area (Å²) in [5.74, 6) is 2.42.